The predicted octanol–water partition coefficient (Wildman–Crippen LogP) is 2.41. The molecule has 0 amide bonds. The summed E-state index contributed by atoms with van der Waals surface area (Å²) in [7, 11) is 1.85. The second-order valence-corrected chi connectivity index (χ2v) is 4.48. The normalized spacial score (nSPS) is 10.9. The molecule has 5 nitrogen and oxygen atoms in total. The standard InChI is InChI=1S/C15H16N2O3/c1-11-4-3-5-13(6-7-14(18)19)15(11)20-10-12-8-16-17(2)9-12/h3-9H,10H2,1-2H3,(H,18,19)/b7-6+. The number of carbonyl (C=O) groups is 1. The van der Waals surface area contributed by atoms with E-state index in [-0.39, 0.29) is 0 Å². The molecule has 0 saturated carbocycles. The van der Waals surface area contributed by atoms with Crippen molar-refractivity contribution in [2.75, 3.05) is 0 Å². The lowest BCUT2D eigenvalue weighted by molar-refractivity contribution is -0.131. The average molecular weight is 272 g/mol. The summed E-state index contributed by atoms with van der Waals surface area (Å²) in [5, 5.41) is 12.8. The summed E-state index contributed by atoms with van der Waals surface area (Å²) in [5.41, 5.74) is 2.67. The third kappa shape index (κ3) is 3.47. The smallest absolute Gasteiger partial charge is 0.328 e. The highest BCUT2D eigenvalue weighted by atomic mass is 16.5. The van der Waals surface area contributed by atoms with Gasteiger partial charge in [0.15, 0.2) is 0 Å². The molecular formula is C15H16N2O3. The number of aromatic nitrogens is 2. The summed E-state index contributed by atoms with van der Waals surface area (Å²) in [6, 6.07) is 5.62. The van der Waals surface area contributed by atoms with E-state index in [9.17, 15) is 4.79 Å². The zero-order chi connectivity index (χ0) is 14.5. The van der Waals surface area contributed by atoms with Gasteiger partial charge in [-0.25, -0.2) is 4.79 Å². The minimum Gasteiger partial charge on any atom is -0.488 e. The third-order valence-electron chi connectivity index (χ3n) is 2.79. The first-order valence-corrected chi connectivity index (χ1v) is 6.17. The quantitative estimate of drug-likeness (QED) is 0.849. The van der Waals surface area contributed by atoms with Gasteiger partial charge in [0.2, 0.25) is 0 Å². The molecule has 1 N–H and O–H groups in total. The van der Waals surface area contributed by atoms with Crippen LogP contribution in [0.3, 0.4) is 0 Å². The van der Waals surface area contributed by atoms with Gasteiger partial charge in [0.1, 0.15) is 12.4 Å². The van der Waals surface area contributed by atoms with Crippen LogP contribution in [0, 0.1) is 6.92 Å². The molecule has 0 aliphatic rings. The molecule has 0 bridgehead atoms. The molecule has 0 aliphatic heterocycles. The van der Waals surface area contributed by atoms with Crippen LogP contribution in [0.15, 0.2) is 36.7 Å². The fourth-order valence-corrected chi connectivity index (χ4v) is 1.87. The second kappa shape index (κ2) is 6.06. The molecule has 0 unspecified atom stereocenters. The maximum atomic E-state index is 10.6. The Bertz CT molecular complexity index is 644. The van der Waals surface area contributed by atoms with Gasteiger partial charge in [-0.3, -0.25) is 4.68 Å². The number of hydrogen-bond acceptors (Lipinski definition) is 3. The molecule has 0 atom stereocenters. The van der Waals surface area contributed by atoms with Gasteiger partial charge in [0.05, 0.1) is 6.20 Å². The van der Waals surface area contributed by atoms with Crippen molar-refractivity contribution >= 4 is 12.0 Å². The fraction of sp³-hybridized carbons (Fsp3) is 0.200. The summed E-state index contributed by atoms with van der Waals surface area (Å²) in [5.74, 6) is -0.293. The number of para-hydroxylation sites is 1. The van der Waals surface area contributed by atoms with Crippen molar-refractivity contribution in [3.63, 3.8) is 0 Å². The van der Waals surface area contributed by atoms with Gasteiger partial charge in [-0.2, -0.15) is 5.10 Å². The first-order valence-electron chi connectivity index (χ1n) is 6.17. The van der Waals surface area contributed by atoms with Crippen LogP contribution in [0.5, 0.6) is 5.75 Å². The molecule has 1 aromatic heterocycles. The number of ether oxygens (including phenoxy) is 1. The molecule has 0 radical (unpaired) electrons. The van der Waals surface area contributed by atoms with Crippen LogP contribution in [0.4, 0.5) is 0 Å². The van der Waals surface area contributed by atoms with E-state index in [0.29, 0.717) is 12.4 Å². The summed E-state index contributed by atoms with van der Waals surface area (Å²) in [6.07, 6.45) is 6.26. The minimum atomic E-state index is -0.982. The van der Waals surface area contributed by atoms with Crippen LogP contribution in [0.2, 0.25) is 0 Å². The Morgan fingerprint density at radius 2 is 2.30 bits per heavy atom. The molecule has 5 heteroatoms. The highest BCUT2D eigenvalue weighted by Gasteiger charge is 2.06. The van der Waals surface area contributed by atoms with E-state index < -0.39 is 5.97 Å². The predicted molar refractivity (Wildman–Crippen MR) is 75.4 cm³/mol. The van der Waals surface area contributed by atoms with E-state index in [1.54, 1.807) is 10.9 Å². The number of carboxylic acids is 1. The Balaban J connectivity index is 2.19. The number of aryl methyl sites for hydroxylation is 2. The highest BCUT2D eigenvalue weighted by Crippen LogP contribution is 2.25. The molecule has 0 aliphatic carbocycles. The Kier molecular flexibility index (Phi) is 4.20. The van der Waals surface area contributed by atoms with E-state index in [0.717, 1.165) is 22.8 Å². The van der Waals surface area contributed by atoms with Crippen molar-refractivity contribution in [3.05, 3.63) is 53.4 Å². The number of benzene rings is 1. The van der Waals surface area contributed by atoms with E-state index in [1.807, 2.05) is 38.4 Å². The average Bonchev–Trinajstić information content (AvgIpc) is 2.81. The van der Waals surface area contributed by atoms with Gasteiger partial charge in [-0.05, 0) is 18.6 Å². The van der Waals surface area contributed by atoms with Crippen molar-refractivity contribution in [2.24, 2.45) is 7.05 Å². The molecule has 2 rings (SSSR count). The zero-order valence-corrected chi connectivity index (χ0v) is 11.4. The van der Waals surface area contributed by atoms with Crippen LogP contribution < -0.4 is 4.74 Å². The number of nitrogens with zero attached hydrogens (tertiary/aromatic N) is 2. The molecule has 0 saturated heterocycles. The largest absolute Gasteiger partial charge is 0.488 e. The fourth-order valence-electron chi connectivity index (χ4n) is 1.87. The lowest BCUT2D eigenvalue weighted by Crippen LogP contribution is -1.98. The van der Waals surface area contributed by atoms with Crippen molar-refractivity contribution in [1.29, 1.82) is 0 Å². The van der Waals surface area contributed by atoms with E-state index in [2.05, 4.69) is 5.10 Å². The first-order chi connectivity index (χ1) is 9.56. The van der Waals surface area contributed by atoms with Gasteiger partial charge in [-0.15, -0.1) is 0 Å². The Morgan fingerprint density at radius 3 is 2.95 bits per heavy atom. The van der Waals surface area contributed by atoms with Crippen LogP contribution in [0.1, 0.15) is 16.7 Å². The summed E-state index contributed by atoms with van der Waals surface area (Å²) >= 11 is 0. The second-order valence-electron chi connectivity index (χ2n) is 4.48. The topological polar surface area (TPSA) is 64.3 Å². The van der Waals surface area contributed by atoms with E-state index >= 15 is 0 Å². The van der Waals surface area contributed by atoms with Crippen molar-refractivity contribution in [2.45, 2.75) is 13.5 Å². The third-order valence-corrected chi connectivity index (χ3v) is 2.79. The molecular weight excluding hydrogens is 256 g/mol. The molecule has 20 heavy (non-hydrogen) atoms. The maximum absolute atomic E-state index is 10.6. The number of aliphatic carboxylic acids is 1. The Labute approximate surface area is 117 Å². The van der Waals surface area contributed by atoms with E-state index in [4.69, 9.17) is 9.84 Å². The minimum absolute atomic E-state index is 0.395. The molecule has 1 aromatic carbocycles. The van der Waals surface area contributed by atoms with Crippen LogP contribution >= 0.6 is 0 Å². The monoisotopic (exact) mass is 272 g/mol. The highest BCUT2D eigenvalue weighted by molar-refractivity contribution is 5.86. The van der Waals surface area contributed by atoms with Crippen LogP contribution in [-0.2, 0) is 18.4 Å². The van der Waals surface area contributed by atoms with Crippen molar-refractivity contribution in [1.82, 2.24) is 9.78 Å². The lowest BCUT2D eigenvalue weighted by Gasteiger charge is -2.11. The lowest BCUT2D eigenvalue weighted by atomic mass is 10.1. The molecule has 1 heterocycles. The summed E-state index contributed by atoms with van der Waals surface area (Å²) < 4.78 is 7.51. The number of hydrogen-bond donors (Lipinski definition) is 1. The van der Waals surface area contributed by atoms with Crippen molar-refractivity contribution in [3.8, 4) is 5.75 Å². The van der Waals surface area contributed by atoms with Gasteiger partial charge < -0.3 is 9.84 Å². The summed E-state index contributed by atoms with van der Waals surface area (Å²) in [4.78, 5) is 10.6. The van der Waals surface area contributed by atoms with E-state index in [1.165, 1.54) is 6.08 Å². The molecule has 104 valence electrons. The SMILES string of the molecule is Cc1cccc(/C=C/C(=O)O)c1OCc1cnn(C)c1. The van der Waals surface area contributed by atoms with Gasteiger partial charge in [0.25, 0.3) is 0 Å². The van der Waals surface area contributed by atoms with Crippen LogP contribution in [0.25, 0.3) is 6.08 Å². The maximum Gasteiger partial charge on any atom is 0.328 e. The van der Waals surface area contributed by atoms with Gasteiger partial charge in [-0.1, -0.05) is 18.2 Å². The van der Waals surface area contributed by atoms with Crippen molar-refractivity contribution < 1.29 is 14.6 Å². The summed E-state index contributed by atoms with van der Waals surface area (Å²) in [6.45, 7) is 2.32. The van der Waals surface area contributed by atoms with Gasteiger partial charge in [0, 0.05) is 30.4 Å². The molecule has 0 fully saturated rings. The Morgan fingerprint density at radius 1 is 1.50 bits per heavy atom. The zero-order valence-electron chi connectivity index (χ0n) is 11.4. The van der Waals surface area contributed by atoms with Crippen LogP contribution in [-0.4, -0.2) is 20.9 Å². The number of rotatable bonds is 5. The number of carboxylic acid groups (broad SMARTS) is 1. The van der Waals surface area contributed by atoms with Gasteiger partial charge >= 0.3 is 5.97 Å². The first kappa shape index (κ1) is 13.9. The molecule has 0 spiro atoms. The Hall–Kier alpha value is -2.56. The molecule has 2 aromatic rings.